The molecule has 0 aliphatic heterocycles. The van der Waals surface area contributed by atoms with E-state index < -0.39 is 19.4 Å². The molecule has 0 saturated heterocycles. The van der Waals surface area contributed by atoms with E-state index in [1.807, 2.05) is 66.7 Å². The SMILES string of the molecule is CC([C@@H](NP(=O)(c1ccccc1)c1ccccc1)c1ccccc1)[N+](=O)[O-]. The average molecular weight is 380 g/mol. The summed E-state index contributed by atoms with van der Waals surface area (Å²) in [7, 11) is -3.29. The molecule has 0 radical (unpaired) electrons. The molecule has 3 rings (SSSR count). The van der Waals surface area contributed by atoms with Crippen LogP contribution >= 0.6 is 7.29 Å². The van der Waals surface area contributed by atoms with Gasteiger partial charge in [0.05, 0.1) is 0 Å². The van der Waals surface area contributed by atoms with Crippen molar-refractivity contribution in [2.24, 2.45) is 0 Å². The lowest BCUT2D eigenvalue weighted by molar-refractivity contribution is -0.522. The average Bonchev–Trinajstić information content (AvgIpc) is 2.73. The van der Waals surface area contributed by atoms with Crippen LogP contribution < -0.4 is 15.7 Å². The fraction of sp³-hybridized carbons (Fsp3) is 0.143. The van der Waals surface area contributed by atoms with Gasteiger partial charge < -0.3 is 0 Å². The lowest BCUT2D eigenvalue weighted by Crippen LogP contribution is -2.38. The second kappa shape index (κ2) is 8.30. The van der Waals surface area contributed by atoms with Crippen LogP contribution in [0.25, 0.3) is 0 Å². The van der Waals surface area contributed by atoms with Crippen molar-refractivity contribution in [1.82, 2.24) is 5.09 Å². The normalized spacial score (nSPS) is 13.7. The first-order valence-corrected chi connectivity index (χ1v) is 10.4. The highest BCUT2D eigenvalue weighted by Crippen LogP contribution is 2.42. The van der Waals surface area contributed by atoms with Crippen LogP contribution in [-0.4, -0.2) is 11.0 Å². The quantitative estimate of drug-likeness (QED) is 0.383. The minimum atomic E-state index is -3.29. The smallest absolute Gasteiger partial charge is 0.229 e. The molecule has 138 valence electrons. The lowest BCUT2D eigenvalue weighted by atomic mass is 10.0. The summed E-state index contributed by atoms with van der Waals surface area (Å²) in [6.45, 7) is 1.53. The van der Waals surface area contributed by atoms with Crippen molar-refractivity contribution in [2.75, 3.05) is 0 Å². The second-order valence-corrected chi connectivity index (χ2v) is 8.83. The summed E-state index contributed by atoms with van der Waals surface area (Å²) in [5.74, 6) is 0. The Morgan fingerprint density at radius 2 is 1.22 bits per heavy atom. The minimum absolute atomic E-state index is 0.342. The van der Waals surface area contributed by atoms with Crippen LogP contribution in [0.2, 0.25) is 0 Å². The van der Waals surface area contributed by atoms with Gasteiger partial charge in [0.2, 0.25) is 13.3 Å². The zero-order chi connectivity index (χ0) is 19.3. The van der Waals surface area contributed by atoms with Crippen LogP contribution in [0.1, 0.15) is 18.5 Å². The molecular weight excluding hydrogens is 359 g/mol. The van der Waals surface area contributed by atoms with Gasteiger partial charge in [0.25, 0.3) is 0 Å². The first kappa shape index (κ1) is 19.0. The Balaban J connectivity index is 2.11. The Morgan fingerprint density at radius 3 is 1.63 bits per heavy atom. The highest BCUT2D eigenvalue weighted by Gasteiger charge is 2.36. The maximum absolute atomic E-state index is 14.2. The highest BCUT2D eigenvalue weighted by molar-refractivity contribution is 7.76. The molecule has 0 aromatic heterocycles. The molecule has 1 N–H and O–H groups in total. The molecule has 3 aromatic rings. The Labute approximate surface area is 158 Å². The van der Waals surface area contributed by atoms with E-state index in [0.29, 0.717) is 10.6 Å². The Bertz CT molecular complexity index is 890. The van der Waals surface area contributed by atoms with E-state index in [4.69, 9.17) is 0 Å². The third-order valence-electron chi connectivity index (χ3n) is 4.53. The molecule has 0 spiro atoms. The number of nitro groups is 1. The third-order valence-corrected chi connectivity index (χ3v) is 7.23. The number of benzene rings is 3. The number of hydrogen-bond donors (Lipinski definition) is 1. The zero-order valence-electron chi connectivity index (χ0n) is 14.9. The van der Waals surface area contributed by atoms with Crippen LogP contribution in [0.5, 0.6) is 0 Å². The van der Waals surface area contributed by atoms with Crippen LogP contribution in [0.15, 0.2) is 91.0 Å². The van der Waals surface area contributed by atoms with Gasteiger partial charge in [-0.05, 0) is 29.8 Å². The number of nitrogens with zero attached hydrogens (tertiary/aromatic N) is 1. The fourth-order valence-electron chi connectivity index (χ4n) is 3.01. The molecular formula is C21H21N2O3P. The molecule has 27 heavy (non-hydrogen) atoms. The van der Waals surface area contributed by atoms with Crippen molar-refractivity contribution >= 4 is 17.9 Å². The van der Waals surface area contributed by atoms with Gasteiger partial charge in [0.1, 0.15) is 6.04 Å². The first-order valence-electron chi connectivity index (χ1n) is 8.70. The third kappa shape index (κ3) is 4.16. The van der Waals surface area contributed by atoms with Gasteiger partial charge in [-0.1, -0.05) is 66.7 Å². The van der Waals surface area contributed by atoms with Crippen LogP contribution in [0.4, 0.5) is 0 Å². The van der Waals surface area contributed by atoms with Crippen LogP contribution in [-0.2, 0) is 4.57 Å². The van der Waals surface area contributed by atoms with E-state index in [1.54, 1.807) is 24.3 Å². The standard InChI is InChI=1S/C21H21N2O3P/c1-17(23(24)25)21(18-11-5-2-6-12-18)22-27(26,19-13-7-3-8-14-19)20-15-9-4-10-16-20/h2-17,21H,1H3,(H,22,26)/t17?,21-/m1/s1. The summed E-state index contributed by atoms with van der Waals surface area (Å²) < 4.78 is 14.2. The van der Waals surface area contributed by atoms with Gasteiger partial charge in [-0.15, -0.1) is 0 Å². The first-order chi connectivity index (χ1) is 13.0. The molecule has 6 heteroatoms. The number of nitrogens with one attached hydrogen (secondary N) is 1. The van der Waals surface area contributed by atoms with Gasteiger partial charge in [0, 0.05) is 22.5 Å². The van der Waals surface area contributed by atoms with E-state index in [2.05, 4.69) is 5.09 Å². The van der Waals surface area contributed by atoms with E-state index in [-0.39, 0.29) is 4.92 Å². The molecule has 0 saturated carbocycles. The fourth-order valence-corrected chi connectivity index (χ4v) is 5.55. The molecule has 0 fully saturated rings. The van der Waals surface area contributed by atoms with Crippen molar-refractivity contribution < 1.29 is 9.49 Å². The van der Waals surface area contributed by atoms with Crippen molar-refractivity contribution in [3.63, 3.8) is 0 Å². The summed E-state index contributed by atoms with van der Waals surface area (Å²) >= 11 is 0. The summed E-state index contributed by atoms with van der Waals surface area (Å²) in [5, 5.41) is 16.0. The molecule has 2 atom stereocenters. The Kier molecular flexibility index (Phi) is 5.84. The van der Waals surface area contributed by atoms with Gasteiger partial charge in [0.15, 0.2) is 0 Å². The van der Waals surface area contributed by atoms with Crippen molar-refractivity contribution in [3.8, 4) is 0 Å². The molecule has 5 nitrogen and oxygen atoms in total. The molecule has 0 aliphatic rings. The van der Waals surface area contributed by atoms with Crippen molar-refractivity contribution in [2.45, 2.75) is 19.0 Å². The summed E-state index contributed by atoms with van der Waals surface area (Å²) in [4.78, 5) is 11.2. The molecule has 3 aromatic carbocycles. The predicted octanol–water partition coefficient (Wildman–Crippen LogP) is 3.91. The maximum atomic E-state index is 14.2. The molecule has 0 bridgehead atoms. The largest absolute Gasteiger partial charge is 0.296 e. The van der Waals surface area contributed by atoms with Gasteiger partial charge in [-0.2, -0.15) is 0 Å². The summed E-state index contributed by atoms with van der Waals surface area (Å²) in [6, 6.07) is 25.6. The molecule has 0 amide bonds. The van der Waals surface area contributed by atoms with Crippen LogP contribution in [0, 0.1) is 10.1 Å². The van der Waals surface area contributed by atoms with E-state index in [1.165, 1.54) is 6.92 Å². The number of rotatable bonds is 7. The monoisotopic (exact) mass is 380 g/mol. The van der Waals surface area contributed by atoms with Crippen molar-refractivity contribution in [1.29, 1.82) is 0 Å². The maximum Gasteiger partial charge on any atom is 0.229 e. The van der Waals surface area contributed by atoms with E-state index in [9.17, 15) is 14.7 Å². The topological polar surface area (TPSA) is 72.2 Å². The lowest BCUT2D eigenvalue weighted by Gasteiger charge is -2.27. The zero-order valence-corrected chi connectivity index (χ0v) is 15.8. The van der Waals surface area contributed by atoms with Crippen LogP contribution in [0.3, 0.4) is 0 Å². The highest BCUT2D eigenvalue weighted by atomic mass is 31.2. The predicted molar refractivity (Wildman–Crippen MR) is 109 cm³/mol. The van der Waals surface area contributed by atoms with E-state index >= 15 is 0 Å². The number of hydrogen-bond acceptors (Lipinski definition) is 3. The summed E-state index contributed by atoms with van der Waals surface area (Å²) in [5.41, 5.74) is 0.730. The Morgan fingerprint density at radius 1 is 0.815 bits per heavy atom. The van der Waals surface area contributed by atoms with Gasteiger partial charge >= 0.3 is 0 Å². The summed E-state index contributed by atoms with van der Waals surface area (Å²) in [6.07, 6.45) is 0. The minimum Gasteiger partial charge on any atom is -0.296 e. The molecule has 0 aliphatic carbocycles. The van der Waals surface area contributed by atoms with Gasteiger partial charge in [-0.3, -0.25) is 14.7 Å². The van der Waals surface area contributed by atoms with Crippen molar-refractivity contribution in [3.05, 3.63) is 107 Å². The second-order valence-electron chi connectivity index (χ2n) is 6.32. The van der Waals surface area contributed by atoms with Gasteiger partial charge in [-0.25, -0.2) is 5.09 Å². The van der Waals surface area contributed by atoms with E-state index in [0.717, 1.165) is 5.56 Å². The Hall–Kier alpha value is -2.75. The molecule has 0 heterocycles. The molecule has 1 unspecified atom stereocenters.